The molecule has 0 amide bonds. The summed E-state index contributed by atoms with van der Waals surface area (Å²) >= 11 is 5.43. The summed E-state index contributed by atoms with van der Waals surface area (Å²) in [4.78, 5) is 22.2. The van der Waals surface area contributed by atoms with Gasteiger partial charge in [0.05, 0.1) is 17.7 Å². The largest absolute Gasteiger partial charge is 0.469 e. The van der Waals surface area contributed by atoms with E-state index in [4.69, 9.17) is 11.6 Å². The molecule has 0 radical (unpaired) electrons. The van der Waals surface area contributed by atoms with Crippen LogP contribution in [0, 0.1) is 11.6 Å². The third-order valence-corrected chi connectivity index (χ3v) is 2.22. The van der Waals surface area contributed by atoms with Crippen molar-refractivity contribution in [3.63, 3.8) is 0 Å². The molecule has 6 heteroatoms. The number of halogens is 3. The first-order valence-electron chi connectivity index (χ1n) is 4.21. The minimum absolute atomic E-state index is 0.631. The molecule has 0 atom stereocenters. The van der Waals surface area contributed by atoms with Crippen LogP contribution in [0.15, 0.2) is 12.1 Å². The standard InChI is InChI=1S/C10H7ClF2O3/c1-16-8(15)4-7(14)9-5(12)2-3-6(13)10(9)11/h2-3H,4H2,1H3. The Morgan fingerprint density at radius 1 is 1.31 bits per heavy atom. The summed E-state index contributed by atoms with van der Waals surface area (Å²) in [7, 11) is 1.08. The molecule has 16 heavy (non-hydrogen) atoms. The fourth-order valence-corrected chi connectivity index (χ4v) is 1.33. The summed E-state index contributed by atoms with van der Waals surface area (Å²) in [5.74, 6) is -3.66. The topological polar surface area (TPSA) is 43.4 Å². The van der Waals surface area contributed by atoms with Crippen LogP contribution in [0.5, 0.6) is 0 Å². The number of rotatable bonds is 3. The summed E-state index contributed by atoms with van der Waals surface area (Å²) in [6.07, 6.45) is -0.684. The average molecular weight is 249 g/mol. The molecule has 0 aromatic heterocycles. The molecule has 3 nitrogen and oxygen atoms in total. The van der Waals surface area contributed by atoms with E-state index in [9.17, 15) is 18.4 Å². The predicted molar refractivity (Wildman–Crippen MR) is 52.3 cm³/mol. The van der Waals surface area contributed by atoms with E-state index in [1.54, 1.807) is 0 Å². The highest BCUT2D eigenvalue weighted by Crippen LogP contribution is 2.24. The first kappa shape index (κ1) is 12.6. The molecule has 1 aromatic rings. The summed E-state index contributed by atoms with van der Waals surface area (Å²) in [6.45, 7) is 0. The fraction of sp³-hybridized carbons (Fsp3) is 0.200. The second-order valence-electron chi connectivity index (χ2n) is 2.89. The number of esters is 1. The van der Waals surface area contributed by atoms with Crippen LogP contribution in [-0.4, -0.2) is 18.9 Å². The van der Waals surface area contributed by atoms with Crippen LogP contribution in [0.4, 0.5) is 8.78 Å². The third-order valence-electron chi connectivity index (χ3n) is 1.86. The van der Waals surface area contributed by atoms with E-state index in [0.29, 0.717) is 0 Å². The number of methoxy groups -OCH3 is 1. The van der Waals surface area contributed by atoms with Crippen LogP contribution < -0.4 is 0 Å². The van der Waals surface area contributed by atoms with Crippen molar-refractivity contribution in [1.82, 2.24) is 0 Å². The van der Waals surface area contributed by atoms with E-state index < -0.39 is 40.4 Å². The maximum absolute atomic E-state index is 13.2. The van der Waals surface area contributed by atoms with Crippen LogP contribution in [0.3, 0.4) is 0 Å². The van der Waals surface area contributed by atoms with E-state index in [1.165, 1.54) is 0 Å². The van der Waals surface area contributed by atoms with Gasteiger partial charge in [-0.2, -0.15) is 0 Å². The molecule has 86 valence electrons. The summed E-state index contributed by atoms with van der Waals surface area (Å²) in [5.41, 5.74) is -0.632. The van der Waals surface area contributed by atoms with Crippen molar-refractivity contribution < 1.29 is 23.1 Å². The smallest absolute Gasteiger partial charge is 0.313 e. The molecular weight excluding hydrogens is 242 g/mol. The first-order valence-corrected chi connectivity index (χ1v) is 4.58. The second-order valence-corrected chi connectivity index (χ2v) is 3.27. The lowest BCUT2D eigenvalue weighted by atomic mass is 10.1. The molecule has 0 aliphatic heterocycles. The molecule has 1 rings (SSSR count). The lowest BCUT2D eigenvalue weighted by Gasteiger charge is -2.04. The molecule has 0 saturated carbocycles. The molecule has 0 spiro atoms. The van der Waals surface area contributed by atoms with Crippen molar-refractivity contribution in [2.24, 2.45) is 0 Å². The summed E-state index contributed by atoms with van der Waals surface area (Å²) in [5, 5.41) is -0.631. The van der Waals surface area contributed by atoms with Gasteiger partial charge in [-0.25, -0.2) is 8.78 Å². The monoisotopic (exact) mass is 248 g/mol. The lowest BCUT2D eigenvalue weighted by molar-refractivity contribution is -0.139. The van der Waals surface area contributed by atoms with Gasteiger partial charge in [0.25, 0.3) is 0 Å². The Hall–Kier alpha value is -1.49. The number of benzene rings is 1. The van der Waals surface area contributed by atoms with Gasteiger partial charge in [0.1, 0.15) is 18.1 Å². The first-order chi connectivity index (χ1) is 7.47. The van der Waals surface area contributed by atoms with Gasteiger partial charge in [0.15, 0.2) is 5.78 Å². The molecular formula is C10H7ClF2O3. The summed E-state index contributed by atoms with van der Waals surface area (Å²) in [6, 6.07) is 1.57. The molecule has 1 aromatic carbocycles. The maximum Gasteiger partial charge on any atom is 0.313 e. The Balaban J connectivity index is 3.08. The SMILES string of the molecule is COC(=O)CC(=O)c1c(F)ccc(F)c1Cl. The number of hydrogen-bond donors (Lipinski definition) is 0. The van der Waals surface area contributed by atoms with Gasteiger partial charge in [-0.05, 0) is 12.1 Å². The normalized spacial score (nSPS) is 10.0. The van der Waals surface area contributed by atoms with Crippen LogP contribution in [0.2, 0.25) is 5.02 Å². The Labute approximate surface area is 95.0 Å². The lowest BCUT2D eigenvalue weighted by Crippen LogP contribution is -2.12. The molecule has 0 N–H and O–H groups in total. The molecule has 0 aliphatic rings. The number of ketones is 1. The summed E-state index contributed by atoms with van der Waals surface area (Å²) < 4.78 is 30.4. The Kier molecular flexibility index (Phi) is 3.95. The van der Waals surface area contributed by atoms with Gasteiger partial charge in [-0.15, -0.1) is 0 Å². The molecule has 0 fully saturated rings. The minimum Gasteiger partial charge on any atom is -0.469 e. The highest BCUT2D eigenvalue weighted by Gasteiger charge is 2.21. The molecule has 0 saturated heterocycles. The number of ether oxygens (including phenoxy) is 1. The Morgan fingerprint density at radius 2 is 1.88 bits per heavy atom. The van der Waals surface area contributed by atoms with Gasteiger partial charge >= 0.3 is 5.97 Å². The molecule has 0 bridgehead atoms. The van der Waals surface area contributed by atoms with Crippen molar-refractivity contribution in [3.8, 4) is 0 Å². The van der Waals surface area contributed by atoms with Crippen LogP contribution in [0.1, 0.15) is 16.8 Å². The van der Waals surface area contributed by atoms with E-state index in [1.807, 2.05) is 0 Å². The number of carbonyl (C=O) groups is 2. The third kappa shape index (κ3) is 2.55. The Bertz CT molecular complexity index is 446. The van der Waals surface area contributed by atoms with Gasteiger partial charge in [0.2, 0.25) is 0 Å². The number of hydrogen-bond acceptors (Lipinski definition) is 3. The van der Waals surface area contributed by atoms with E-state index in [0.717, 1.165) is 19.2 Å². The van der Waals surface area contributed by atoms with E-state index >= 15 is 0 Å². The second kappa shape index (κ2) is 5.03. The zero-order chi connectivity index (χ0) is 12.3. The number of carbonyl (C=O) groups excluding carboxylic acids is 2. The molecule has 0 aliphatic carbocycles. The molecule has 0 unspecified atom stereocenters. The van der Waals surface area contributed by atoms with Gasteiger partial charge in [0, 0.05) is 0 Å². The highest BCUT2D eigenvalue weighted by molar-refractivity contribution is 6.34. The zero-order valence-corrected chi connectivity index (χ0v) is 8.98. The fourth-order valence-electron chi connectivity index (χ4n) is 1.07. The predicted octanol–water partition coefficient (Wildman–Crippen LogP) is 2.36. The van der Waals surface area contributed by atoms with E-state index in [-0.39, 0.29) is 0 Å². The van der Waals surface area contributed by atoms with Gasteiger partial charge in [-0.3, -0.25) is 9.59 Å². The van der Waals surface area contributed by atoms with Crippen molar-refractivity contribution >= 4 is 23.4 Å². The van der Waals surface area contributed by atoms with Crippen molar-refractivity contribution in [2.75, 3.05) is 7.11 Å². The Morgan fingerprint density at radius 3 is 2.44 bits per heavy atom. The van der Waals surface area contributed by atoms with Crippen molar-refractivity contribution in [2.45, 2.75) is 6.42 Å². The van der Waals surface area contributed by atoms with Crippen molar-refractivity contribution in [1.29, 1.82) is 0 Å². The zero-order valence-electron chi connectivity index (χ0n) is 8.22. The average Bonchev–Trinajstić information content (AvgIpc) is 2.24. The van der Waals surface area contributed by atoms with Crippen LogP contribution in [-0.2, 0) is 9.53 Å². The minimum atomic E-state index is -0.972. The van der Waals surface area contributed by atoms with Gasteiger partial charge in [-0.1, -0.05) is 11.6 Å². The van der Waals surface area contributed by atoms with Crippen molar-refractivity contribution in [3.05, 3.63) is 34.4 Å². The highest BCUT2D eigenvalue weighted by atomic mass is 35.5. The van der Waals surface area contributed by atoms with Crippen LogP contribution >= 0.6 is 11.6 Å². The van der Waals surface area contributed by atoms with E-state index in [2.05, 4.69) is 4.74 Å². The van der Waals surface area contributed by atoms with Gasteiger partial charge < -0.3 is 4.74 Å². The maximum atomic E-state index is 13.2. The van der Waals surface area contributed by atoms with Crippen LogP contribution in [0.25, 0.3) is 0 Å². The number of Topliss-reactive ketones (excluding diaryl/α,β-unsaturated/α-hetero) is 1. The quantitative estimate of drug-likeness (QED) is 0.357. The molecule has 0 heterocycles.